The SMILES string of the molecule is CCC(=O)Nc1ccc2c(c1)C1(CCCCC1)C(=O)N2. The molecule has 3 rings (SSSR count). The second-order valence-electron chi connectivity index (χ2n) is 5.76. The fourth-order valence-electron chi connectivity index (χ4n) is 3.39. The van der Waals surface area contributed by atoms with Gasteiger partial charge in [-0.05, 0) is 36.6 Å². The highest BCUT2D eigenvalue weighted by molar-refractivity contribution is 6.07. The van der Waals surface area contributed by atoms with Gasteiger partial charge in [0, 0.05) is 17.8 Å². The van der Waals surface area contributed by atoms with Crippen molar-refractivity contribution in [1.82, 2.24) is 0 Å². The van der Waals surface area contributed by atoms with E-state index in [0.717, 1.165) is 42.6 Å². The van der Waals surface area contributed by atoms with Crippen LogP contribution in [0.25, 0.3) is 0 Å². The lowest BCUT2D eigenvalue weighted by Crippen LogP contribution is -2.36. The van der Waals surface area contributed by atoms with Crippen LogP contribution in [0.1, 0.15) is 51.0 Å². The van der Waals surface area contributed by atoms with Crippen LogP contribution in [0, 0.1) is 0 Å². The molecule has 20 heavy (non-hydrogen) atoms. The fraction of sp³-hybridized carbons (Fsp3) is 0.500. The molecule has 0 aromatic heterocycles. The summed E-state index contributed by atoms with van der Waals surface area (Å²) in [6.45, 7) is 1.83. The molecule has 0 radical (unpaired) electrons. The van der Waals surface area contributed by atoms with Crippen molar-refractivity contribution in [2.24, 2.45) is 0 Å². The molecule has 0 atom stereocenters. The first-order valence-electron chi connectivity index (χ1n) is 7.41. The minimum atomic E-state index is -0.361. The molecule has 1 aromatic rings. The maximum Gasteiger partial charge on any atom is 0.235 e. The summed E-state index contributed by atoms with van der Waals surface area (Å²) in [5.41, 5.74) is 2.40. The summed E-state index contributed by atoms with van der Waals surface area (Å²) in [5, 5.41) is 5.88. The predicted molar refractivity (Wildman–Crippen MR) is 78.8 cm³/mol. The monoisotopic (exact) mass is 272 g/mol. The highest BCUT2D eigenvalue weighted by Crippen LogP contribution is 2.48. The lowest BCUT2D eigenvalue weighted by Gasteiger charge is -2.31. The molecule has 2 aliphatic rings. The van der Waals surface area contributed by atoms with Crippen LogP contribution < -0.4 is 10.6 Å². The summed E-state index contributed by atoms with van der Waals surface area (Å²) >= 11 is 0. The average molecular weight is 272 g/mol. The molecule has 2 amide bonds. The summed E-state index contributed by atoms with van der Waals surface area (Å²) < 4.78 is 0. The van der Waals surface area contributed by atoms with Crippen molar-refractivity contribution in [1.29, 1.82) is 0 Å². The van der Waals surface area contributed by atoms with E-state index >= 15 is 0 Å². The predicted octanol–water partition coefficient (Wildman–Crippen LogP) is 3.19. The minimum Gasteiger partial charge on any atom is -0.326 e. The number of rotatable bonds is 2. The molecule has 4 nitrogen and oxygen atoms in total. The van der Waals surface area contributed by atoms with Crippen molar-refractivity contribution >= 4 is 23.2 Å². The number of hydrogen-bond donors (Lipinski definition) is 2. The van der Waals surface area contributed by atoms with E-state index in [0.29, 0.717) is 6.42 Å². The van der Waals surface area contributed by atoms with Crippen molar-refractivity contribution in [3.05, 3.63) is 23.8 Å². The summed E-state index contributed by atoms with van der Waals surface area (Å²) in [6.07, 6.45) is 5.68. The van der Waals surface area contributed by atoms with Crippen LogP contribution in [0.5, 0.6) is 0 Å². The summed E-state index contributed by atoms with van der Waals surface area (Å²) in [7, 11) is 0. The van der Waals surface area contributed by atoms with Crippen molar-refractivity contribution in [3.8, 4) is 0 Å². The first-order chi connectivity index (χ1) is 9.65. The number of carbonyl (C=O) groups excluding carboxylic acids is 2. The van der Waals surface area contributed by atoms with Gasteiger partial charge in [0.15, 0.2) is 0 Å². The molecular formula is C16H20N2O2. The van der Waals surface area contributed by atoms with E-state index in [-0.39, 0.29) is 17.2 Å². The van der Waals surface area contributed by atoms with E-state index in [2.05, 4.69) is 10.6 Å². The van der Waals surface area contributed by atoms with Crippen LogP contribution >= 0.6 is 0 Å². The molecule has 1 aliphatic carbocycles. The first-order valence-corrected chi connectivity index (χ1v) is 7.41. The van der Waals surface area contributed by atoms with Crippen LogP contribution in [0.15, 0.2) is 18.2 Å². The molecule has 0 unspecified atom stereocenters. The van der Waals surface area contributed by atoms with E-state index < -0.39 is 0 Å². The topological polar surface area (TPSA) is 58.2 Å². The first kappa shape index (κ1) is 13.2. The number of fused-ring (bicyclic) bond motifs is 2. The van der Waals surface area contributed by atoms with Crippen molar-refractivity contribution in [3.63, 3.8) is 0 Å². The summed E-state index contributed by atoms with van der Waals surface area (Å²) in [5.74, 6) is 0.131. The smallest absolute Gasteiger partial charge is 0.235 e. The highest BCUT2D eigenvalue weighted by Gasteiger charge is 2.47. The molecule has 2 N–H and O–H groups in total. The zero-order chi connectivity index (χ0) is 14.2. The molecule has 1 heterocycles. The second-order valence-corrected chi connectivity index (χ2v) is 5.76. The Kier molecular flexibility index (Phi) is 3.24. The quantitative estimate of drug-likeness (QED) is 0.868. The molecule has 0 saturated heterocycles. The van der Waals surface area contributed by atoms with Crippen molar-refractivity contribution in [2.75, 3.05) is 10.6 Å². The number of benzene rings is 1. The fourth-order valence-corrected chi connectivity index (χ4v) is 3.39. The van der Waals surface area contributed by atoms with Gasteiger partial charge in [0.2, 0.25) is 11.8 Å². The normalized spacial score (nSPS) is 19.6. The molecule has 0 bridgehead atoms. The van der Waals surface area contributed by atoms with Gasteiger partial charge in [0.25, 0.3) is 0 Å². The van der Waals surface area contributed by atoms with Gasteiger partial charge < -0.3 is 10.6 Å². The zero-order valence-corrected chi connectivity index (χ0v) is 11.8. The average Bonchev–Trinajstić information content (AvgIpc) is 2.73. The molecule has 4 heteroatoms. The van der Waals surface area contributed by atoms with E-state index in [9.17, 15) is 9.59 Å². The summed E-state index contributed by atoms with van der Waals surface area (Å²) in [4.78, 5) is 23.9. The van der Waals surface area contributed by atoms with Gasteiger partial charge in [-0.1, -0.05) is 26.2 Å². The molecule has 1 aromatic carbocycles. The third kappa shape index (κ3) is 1.99. The van der Waals surface area contributed by atoms with Crippen LogP contribution in [0.3, 0.4) is 0 Å². The Hall–Kier alpha value is -1.84. The molecule has 106 valence electrons. The zero-order valence-electron chi connectivity index (χ0n) is 11.8. The van der Waals surface area contributed by atoms with Crippen LogP contribution in [-0.2, 0) is 15.0 Å². The van der Waals surface area contributed by atoms with E-state index in [1.807, 2.05) is 25.1 Å². The Bertz CT molecular complexity index is 560. The number of amides is 2. The Balaban J connectivity index is 1.97. The minimum absolute atomic E-state index is 0.0000678. The van der Waals surface area contributed by atoms with Gasteiger partial charge in [0.1, 0.15) is 0 Å². The second kappa shape index (κ2) is 4.93. The van der Waals surface area contributed by atoms with E-state index in [4.69, 9.17) is 0 Å². The number of hydrogen-bond acceptors (Lipinski definition) is 2. The van der Waals surface area contributed by atoms with Crippen molar-refractivity contribution < 1.29 is 9.59 Å². The Morgan fingerprint density at radius 1 is 1.30 bits per heavy atom. The Morgan fingerprint density at radius 3 is 2.75 bits per heavy atom. The molecule has 1 fully saturated rings. The summed E-state index contributed by atoms with van der Waals surface area (Å²) in [6, 6.07) is 5.74. The van der Waals surface area contributed by atoms with Crippen LogP contribution in [-0.4, -0.2) is 11.8 Å². The van der Waals surface area contributed by atoms with Gasteiger partial charge in [-0.3, -0.25) is 9.59 Å². The van der Waals surface area contributed by atoms with Crippen LogP contribution in [0.2, 0.25) is 0 Å². The molecule has 1 saturated carbocycles. The highest BCUT2D eigenvalue weighted by atomic mass is 16.2. The lowest BCUT2D eigenvalue weighted by atomic mass is 9.70. The van der Waals surface area contributed by atoms with Crippen molar-refractivity contribution in [2.45, 2.75) is 50.9 Å². The Morgan fingerprint density at radius 2 is 2.05 bits per heavy atom. The molecule has 1 spiro atoms. The lowest BCUT2D eigenvalue weighted by molar-refractivity contribution is -0.122. The van der Waals surface area contributed by atoms with Gasteiger partial charge in [-0.25, -0.2) is 0 Å². The van der Waals surface area contributed by atoms with E-state index in [1.165, 1.54) is 6.42 Å². The van der Waals surface area contributed by atoms with Gasteiger partial charge in [-0.2, -0.15) is 0 Å². The maximum atomic E-state index is 12.4. The number of anilines is 2. The maximum absolute atomic E-state index is 12.4. The van der Waals surface area contributed by atoms with Crippen LogP contribution in [0.4, 0.5) is 11.4 Å². The Labute approximate surface area is 118 Å². The number of nitrogens with one attached hydrogen (secondary N) is 2. The van der Waals surface area contributed by atoms with Gasteiger partial charge in [0.05, 0.1) is 5.41 Å². The number of carbonyl (C=O) groups is 2. The standard InChI is InChI=1S/C16H20N2O2/c1-2-14(19)17-11-6-7-13-12(10-11)16(15(20)18-13)8-4-3-5-9-16/h6-7,10H,2-5,8-9H2,1H3,(H,17,19)(H,18,20). The molecule has 1 aliphatic heterocycles. The molecular weight excluding hydrogens is 252 g/mol. The van der Waals surface area contributed by atoms with Gasteiger partial charge >= 0.3 is 0 Å². The largest absolute Gasteiger partial charge is 0.326 e. The van der Waals surface area contributed by atoms with E-state index in [1.54, 1.807) is 0 Å². The van der Waals surface area contributed by atoms with Gasteiger partial charge in [-0.15, -0.1) is 0 Å². The third-order valence-corrected chi connectivity index (χ3v) is 4.53. The third-order valence-electron chi connectivity index (χ3n) is 4.53.